The average Bonchev–Trinajstić information content (AvgIpc) is 1.77. The maximum Gasteiger partial charge on any atom is 0.0422 e. The molecule has 1 fully saturated rings. The Morgan fingerprint density at radius 3 is 2.75 bits per heavy atom. The first-order chi connectivity index (χ1) is 3.80. The quantitative estimate of drug-likeness (QED) is 0.516. The Morgan fingerprint density at radius 2 is 2.38 bits per heavy atom. The molecule has 1 rings (SSSR count). The average molecular weight is 179 g/mol. The van der Waals surface area contributed by atoms with Crippen molar-refractivity contribution in [3.8, 4) is 0 Å². The van der Waals surface area contributed by atoms with Gasteiger partial charge >= 0.3 is 0 Å². The number of alkyl halides is 1. The Morgan fingerprint density at radius 1 is 1.62 bits per heavy atom. The lowest BCUT2D eigenvalue weighted by molar-refractivity contribution is 0.474. The van der Waals surface area contributed by atoms with Gasteiger partial charge < -0.3 is 11.1 Å². The standard InChI is InChI=1S/C5H11BrN2/c6-4-3-8-2-1-5(4)7/h4-5,8H,1-3,7H2. The number of hydrogen-bond acceptors (Lipinski definition) is 2. The minimum absolute atomic E-state index is 0.358. The monoisotopic (exact) mass is 178 g/mol. The van der Waals surface area contributed by atoms with E-state index in [9.17, 15) is 0 Å². The third-order valence-electron chi connectivity index (χ3n) is 1.46. The van der Waals surface area contributed by atoms with Gasteiger partial charge in [-0.3, -0.25) is 0 Å². The third-order valence-corrected chi connectivity index (χ3v) is 2.46. The first-order valence-corrected chi connectivity index (χ1v) is 3.82. The largest absolute Gasteiger partial charge is 0.327 e. The number of nitrogens with two attached hydrogens (primary N) is 1. The highest BCUT2D eigenvalue weighted by Gasteiger charge is 2.17. The van der Waals surface area contributed by atoms with Gasteiger partial charge in [-0.25, -0.2) is 0 Å². The molecule has 2 unspecified atom stereocenters. The molecule has 0 amide bonds. The molecule has 1 saturated heterocycles. The molecule has 0 saturated carbocycles. The number of nitrogens with one attached hydrogen (secondary N) is 1. The van der Waals surface area contributed by atoms with Gasteiger partial charge in [0, 0.05) is 17.4 Å². The molecule has 0 aromatic carbocycles. The second-order valence-corrected chi connectivity index (χ2v) is 3.35. The van der Waals surface area contributed by atoms with Crippen LogP contribution >= 0.6 is 15.9 Å². The molecule has 48 valence electrons. The molecule has 8 heavy (non-hydrogen) atoms. The molecule has 0 bridgehead atoms. The van der Waals surface area contributed by atoms with Gasteiger partial charge in [0.15, 0.2) is 0 Å². The summed E-state index contributed by atoms with van der Waals surface area (Å²) in [4.78, 5) is 0.483. The van der Waals surface area contributed by atoms with E-state index < -0.39 is 0 Å². The zero-order chi connectivity index (χ0) is 5.98. The van der Waals surface area contributed by atoms with Crippen molar-refractivity contribution in [3.63, 3.8) is 0 Å². The molecule has 1 aliphatic heterocycles. The van der Waals surface area contributed by atoms with Gasteiger partial charge in [0.1, 0.15) is 0 Å². The lowest BCUT2D eigenvalue weighted by atomic mass is 10.1. The van der Waals surface area contributed by atoms with Crippen molar-refractivity contribution < 1.29 is 0 Å². The maximum atomic E-state index is 5.69. The van der Waals surface area contributed by atoms with E-state index in [1.54, 1.807) is 0 Å². The van der Waals surface area contributed by atoms with E-state index in [0.717, 1.165) is 19.5 Å². The van der Waals surface area contributed by atoms with E-state index in [2.05, 4.69) is 21.2 Å². The van der Waals surface area contributed by atoms with Crippen molar-refractivity contribution in [2.75, 3.05) is 13.1 Å². The molecule has 3 N–H and O–H groups in total. The maximum absolute atomic E-state index is 5.69. The Bertz CT molecular complexity index is 66.8. The summed E-state index contributed by atoms with van der Waals surface area (Å²) in [6.45, 7) is 2.09. The first-order valence-electron chi connectivity index (χ1n) is 2.91. The van der Waals surface area contributed by atoms with E-state index in [-0.39, 0.29) is 0 Å². The van der Waals surface area contributed by atoms with Crippen LogP contribution in [0.4, 0.5) is 0 Å². The topological polar surface area (TPSA) is 38.0 Å². The van der Waals surface area contributed by atoms with Gasteiger partial charge in [0.05, 0.1) is 0 Å². The molecule has 0 aromatic heterocycles. The van der Waals surface area contributed by atoms with Crippen LogP contribution in [0.25, 0.3) is 0 Å². The van der Waals surface area contributed by atoms with Crippen LogP contribution in [0.5, 0.6) is 0 Å². The summed E-state index contributed by atoms with van der Waals surface area (Å²) in [7, 11) is 0. The van der Waals surface area contributed by atoms with Crippen LogP contribution in [0.2, 0.25) is 0 Å². The van der Waals surface area contributed by atoms with Crippen molar-refractivity contribution in [2.45, 2.75) is 17.3 Å². The smallest absolute Gasteiger partial charge is 0.0422 e. The van der Waals surface area contributed by atoms with Gasteiger partial charge in [-0.05, 0) is 13.0 Å². The summed E-state index contributed by atoms with van der Waals surface area (Å²) in [5.41, 5.74) is 5.69. The van der Waals surface area contributed by atoms with Crippen LogP contribution in [0.3, 0.4) is 0 Å². The molecule has 2 atom stereocenters. The van der Waals surface area contributed by atoms with Crippen molar-refractivity contribution in [1.29, 1.82) is 0 Å². The van der Waals surface area contributed by atoms with E-state index >= 15 is 0 Å². The van der Waals surface area contributed by atoms with Crippen LogP contribution < -0.4 is 11.1 Å². The summed E-state index contributed by atoms with van der Waals surface area (Å²) in [5, 5.41) is 3.24. The van der Waals surface area contributed by atoms with Crippen LogP contribution in [0.15, 0.2) is 0 Å². The fourth-order valence-electron chi connectivity index (χ4n) is 0.841. The second-order valence-electron chi connectivity index (χ2n) is 2.17. The molecule has 0 aromatic rings. The number of hydrogen-bond donors (Lipinski definition) is 2. The van der Waals surface area contributed by atoms with Crippen molar-refractivity contribution in [3.05, 3.63) is 0 Å². The Hall–Kier alpha value is 0.400. The summed E-state index contributed by atoms with van der Waals surface area (Å²) in [5.74, 6) is 0. The lowest BCUT2D eigenvalue weighted by Crippen LogP contribution is -2.45. The van der Waals surface area contributed by atoms with Gasteiger partial charge in [-0.2, -0.15) is 0 Å². The zero-order valence-electron chi connectivity index (χ0n) is 4.73. The molecule has 0 radical (unpaired) electrons. The predicted molar refractivity (Wildman–Crippen MR) is 38.2 cm³/mol. The normalized spacial score (nSPS) is 39.8. The van der Waals surface area contributed by atoms with Crippen molar-refractivity contribution >= 4 is 15.9 Å². The van der Waals surface area contributed by atoms with Gasteiger partial charge in [-0.1, -0.05) is 15.9 Å². The van der Waals surface area contributed by atoms with Gasteiger partial charge in [-0.15, -0.1) is 0 Å². The minimum atomic E-state index is 0.358. The van der Waals surface area contributed by atoms with E-state index in [1.165, 1.54) is 0 Å². The number of piperidine rings is 1. The fourth-order valence-corrected chi connectivity index (χ4v) is 1.33. The molecule has 0 spiro atoms. The Balaban J connectivity index is 2.28. The minimum Gasteiger partial charge on any atom is -0.327 e. The number of halogens is 1. The summed E-state index contributed by atoms with van der Waals surface area (Å²) in [6.07, 6.45) is 1.09. The summed E-state index contributed by atoms with van der Waals surface area (Å²) < 4.78 is 0. The Kier molecular flexibility index (Phi) is 2.28. The third kappa shape index (κ3) is 1.44. The van der Waals surface area contributed by atoms with Gasteiger partial charge in [0.25, 0.3) is 0 Å². The van der Waals surface area contributed by atoms with Crippen LogP contribution in [-0.4, -0.2) is 24.0 Å². The SMILES string of the molecule is NC1CCNCC1Br. The molecule has 0 aliphatic carbocycles. The van der Waals surface area contributed by atoms with E-state index in [0.29, 0.717) is 10.9 Å². The van der Waals surface area contributed by atoms with Crippen molar-refractivity contribution in [1.82, 2.24) is 5.32 Å². The predicted octanol–water partition coefficient (Wildman–Crippen LogP) is 0.0705. The number of rotatable bonds is 0. The van der Waals surface area contributed by atoms with Crippen molar-refractivity contribution in [2.24, 2.45) is 5.73 Å². The van der Waals surface area contributed by atoms with Gasteiger partial charge in [0.2, 0.25) is 0 Å². The summed E-state index contributed by atoms with van der Waals surface area (Å²) >= 11 is 3.47. The zero-order valence-corrected chi connectivity index (χ0v) is 6.32. The molecule has 1 aliphatic rings. The molecular weight excluding hydrogens is 168 g/mol. The fraction of sp³-hybridized carbons (Fsp3) is 1.00. The van der Waals surface area contributed by atoms with Crippen LogP contribution in [-0.2, 0) is 0 Å². The molecule has 1 heterocycles. The van der Waals surface area contributed by atoms with Crippen LogP contribution in [0.1, 0.15) is 6.42 Å². The first kappa shape index (κ1) is 6.52. The lowest BCUT2D eigenvalue weighted by Gasteiger charge is -2.24. The van der Waals surface area contributed by atoms with Crippen LogP contribution in [0, 0.1) is 0 Å². The highest BCUT2D eigenvalue weighted by Crippen LogP contribution is 2.08. The Labute approximate surface area is 58.0 Å². The van der Waals surface area contributed by atoms with E-state index in [1.807, 2.05) is 0 Å². The molecular formula is C5H11BrN2. The highest BCUT2D eigenvalue weighted by molar-refractivity contribution is 9.09. The highest BCUT2D eigenvalue weighted by atomic mass is 79.9. The summed E-state index contributed by atoms with van der Waals surface area (Å²) in [6, 6.07) is 0.358. The molecule has 2 nitrogen and oxygen atoms in total. The molecule has 3 heteroatoms. The van der Waals surface area contributed by atoms with E-state index in [4.69, 9.17) is 5.73 Å². The second kappa shape index (κ2) is 2.80.